The predicted molar refractivity (Wildman–Crippen MR) is 96.9 cm³/mol. The fourth-order valence-corrected chi connectivity index (χ4v) is 3.32. The molecule has 1 heterocycles. The van der Waals surface area contributed by atoms with Gasteiger partial charge in [-0.2, -0.15) is 4.98 Å². The number of hydrogen-bond acceptors (Lipinski definition) is 4. The second kappa shape index (κ2) is 6.98. The van der Waals surface area contributed by atoms with E-state index in [2.05, 4.69) is 43.0 Å². The Bertz CT molecular complexity index is 722. The molecule has 0 radical (unpaired) electrons. The molecule has 1 aliphatic carbocycles. The van der Waals surface area contributed by atoms with Crippen molar-refractivity contribution in [3.63, 3.8) is 0 Å². The lowest BCUT2D eigenvalue weighted by Gasteiger charge is -2.19. The molecular weight excluding hydrogens is 314 g/mol. The fourth-order valence-electron chi connectivity index (χ4n) is 3.32. The van der Waals surface area contributed by atoms with Gasteiger partial charge in [0.1, 0.15) is 0 Å². The Morgan fingerprint density at radius 1 is 1.20 bits per heavy atom. The van der Waals surface area contributed by atoms with E-state index in [1.165, 1.54) is 5.56 Å². The Morgan fingerprint density at radius 3 is 2.44 bits per heavy atom. The van der Waals surface area contributed by atoms with Crippen LogP contribution in [-0.4, -0.2) is 28.0 Å². The Labute approximate surface area is 149 Å². The molecule has 1 aromatic carbocycles. The zero-order chi connectivity index (χ0) is 18.0. The quantitative estimate of drug-likeness (QED) is 0.837. The largest absolute Gasteiger partial charge is 0.337 e. The molecule has 134 valence electrons. The number of amides is 1. The minimum Gasteiger partial charge on any atom is -0.337 e. The van der Waals surface area contributed by atoms with E-state index in [4.69, 9.17) is 4.52 Å². The number of hydrogen-bond donors (Lipinski definition) is 0. The highest BCUT2D eigenvalue weighted by atomic mass is 16.5. The van der Waals surface area contributed by atoms with Gasteiger partial charge in [-0.3, -0.25) is 4.79 Å². The average molecular weight is 341 g/mol. The molecule has 0 bridgehead atoms. The normalized spacial score (nSPS) is 15.5. The highest BCUT2D eigenvalue weighted by molar-refractivity contribution is 5.78. The summed E-state index contributed by atoms with van der Waals surface area (Å²) >= 11 is 0. The molecule has 2 aromatic rings. The van der Waals surface area contributed by atoms with Crippen LogP contribution in [0.4, 0.5) is 0 Å². The van der Waals surface area contributed by atoms with Gasteiger partial charge in [-0.15, -0.1) is 0 Å². The van der Waals surface area contributed by atoms with E-state index >= 15 is 0 Å². The summed E-state index contributed by atoms with van der Waals surface area (Å²) in [5, 5.41) is 4.06. The van der Waals surface area contributed by atoms with Gasteiger partial charge < -0.3 is 9.42 Å². The van der Waals surface area contributed by atoms with Gasteiger partial charge in [-0.1, -0.05) is 63.0 Å². The van der Waals surface area contributed by atoms with Gasteiger partial charge in [0.25, 0.3) is 0 Å². The molecule has 1 saturated carbocycles. The predicted octanol–water partition coefficient (Wildman–Crippen LogP) is 4.18. The van der Waals surface area contributed by atoms with Crippen LogP contribution in [0, 0.1) is 5.92 Å². The van der Waals surface area contributed by atoms with Crippen LogP contribution < -0.4 is 0 Å². The lowest BCUT2D eigenvalue weighted by Crippen LogP contribution is -2.31. The molecule has 0 N–H and O–H groups in total. The Balaban J connectivity index is 1.66. The van der Waals surface area contributed by atoms with Gasteiger partial charge in [0.2, 0.25) is 17.6 Å². The number of carbonyl (C=O) groups excluding carboxylic acids is 1. The molecule has 0 spiro atoms. The second-order valence-electron chi connectivity index (χ2n) is 8.01. The van der Waals surface area contributed by atoms with Crippen LogP contribution in [0.5, 0.6) is 0 Å². The van der Waals surface area contributed by atoms with Gasteiger partial charge in [-0.05, 0) is 23.8 Å². The van der Waals surface area contributed by atoms with Crippen molar-refractivity contribution in [1.29, 1.82) is 0 Å². The van der Waals surface area contributed by atoms with Gasteiger partial charge in [0.15, 0.2) is 0 Å². The molecule has 5 nitrogen and oxygen atoms in total. The van der Waals surface area contributed by atoms with E-state index in [9.17, 15) is 4.79 Å². The van der Waals surface area contributed by atoms with Crippen LogP contribution >= 0.6 is 0 Å². The molecule has 3 rings (SSSR count). The van der Waals surface area contributed by atoms with E-state index < -0.39 is 0 Å². The third kappa shape index (κ3) is 4.09. The molecule has 5 heteroatoms. The maximum absolute atomic E-state index is 12.4. The zero-order valence-corrected chi connectivity index (χ0v) is 15.6. The summed E-state index contributed by atoms with van der Waals surface area (Å²) in [5.41, 5.74) is 2.30. The average Bonchev–Trinajstić information content (AvgIpc) is 3.25. The van der Waals surface area contributed by atoms with Crippen molar-refractivity contribution in [2.45, 2.75) is 58.4 Å². The van der Waals surface area contributed by atoms with Crippen molar-refractivity contribution in [1.82, 2.24) is 15.0 Å². The van der Waals surface area contributed by atoms with Crippen LogP contribution in [0.15, 0.2) is 28.8 Å². The van der Waals surface area contributed by atoms with Crippen LogP contribution in [0.3, 0.4) is 0 Å². The SMILES string of the molecule is CN(Cc1nc(-c2ccc(C(C)(C)C)cc2)no1)C(=O)C1CCCC1. The van der Waals surface area contributed by atoms with E-state index in [0.29, 0.717) is 18.3 Å². The van der Waals surface area contributed by atoms with Crippen LogP contribution in [0.25, 0.3) is 11.4 Å². The monoisotopic (exact) mass is 341 g/mol. The third-order valence-corrected chi connectivity index (χ3v) is 4.93. The summed E-state index contributed by atoms with van der Waals surface area (Å²) in [6.45, 7) is 6.92. The van der Waals surface area contributed by atoms with Crippen molar-refractivity contribution in [2.75, 3.05) is 7.05 Å². The Hall–Kier alpha value is -2.17. The smallest absolute Gasteiger partial charge is 0.246 e. The Morgan fingerprint density at radius 2 is 1.84 bits per heavy atom. The first-order valence-electron chi connectivity index (χ1n) is 9.03. The minimum absolute atomic E-state index is 0.115. The third-order valence-electron chi connectivity index (χ3n) is 4.93. The molecular formula is C20H27N3O2. The van der Waals surface area contributed by atoms with Crippen molar-refractivity contribution in [3.8, 4) is 11.4 Å². The number of aromatic nitrogens is 2. The molecule has 0 unspecified atom stereocenters. The molecule has 25 heavy (non-hydrogen) atoms. The maximum atomic E-state index is 12.4. The zero-order valence-electron chi connectivity index (χ0n) is 15.6. The minimum atomic E-state index is 0.115. The lowest BCUT2D eigenvalue weighted by molar-refractivity contribution is -0.134. The topological polar surface area (TPSA) is 59.2 Å². The summed E-state index contributed by atoms with van der Waals surface area (Å²) in [6, 6.07) is 8.23. The molecule has 0 atom stereocenters. The van der Waals surface area contributed by atoms with Gasteiger partial charge in [0.05, 0.1) is 6.54 Å². The van der Waals surface area contributed by atoms with Gasteiger partial charge in [-0.25, -0.2) is 0 Å². The van der Waals surface area contributed by atoms with E-state index in [-0.39, 0.29) is 17.2 Å². The number of carbonyl (C=O) groups is 1. The first-order chi connectivity index (χ1) is 11.8. The molecule has 1 amide bonds. The highest BCUT2D eigenvalue weighted by Gasteiger charge is 2.26. The Kier molecular flexibility index (Phi) is 4.93. The standard InChI is InChI=1S/C20H27N3O2/c1-20(2,3)16-11-9-14(10-12-16)18-21-17(25-22-18)13-23(4)19(24)15-7-5-6-8-15/h9-12,15H,5-8,13H2,1-4H3. The summed E-state index contributed by atoms with van der Waals surface area (Å²) in [7, 11) is 1.81. The fraction of sp³-hybridized carbons (Fsp3) is 0.550. The second-order valence-corrected chi connectivity index (χ2v) is 8.01. The van der Waals surface area contributed by atoms with Crippen molar-refractivity contribution < 1.29 is 9.32 Å². The molecule has 1 fully saturated rings. The summed E-state index contributed by atoms with van der Waals surface area (Å²) in [6.07, 6.45) is 4.30. The van der Waals surface area contributed by atoms with E-state index in [1.54, 1.807) is 4.90 Å². The van der Waals surface area contributed by atoms with Crippen molar-refractivity contribution >= 4 is 5.91 Å². The van der Waals surface area contributed by atoms with Crippen LogP contribution in [0.2, 0.25) is 0 Å². The first kappa shape index (κ1) is 17.6. The number of nitrogens with zero attached hydrogens (tertiary/aromatic N) is 3. The maximum Gasteiger partial charge on any atom is 0.246 e. The van der Waals surface area contributed by atoms with Crippen LogP contribution in [0.1, 0.15) is 57.9 Å². The van der Waals surface area contributed by atoms with E-state index in [0.717, 1.165) is 31.2 Å². The van der Waals surface area contributed by atoms with Crippen LogP contribution in [-0.2, 0) is 16.8 Å². The van der Waals surface area contributed by atoms with E-state index in [1.807, 2.05) is 19.2 Å². The number of benzene rings is 1. The highest BCUT2D eigenvalue weighted by Crippen LogP contribution is 2.27. The molecule has 0 saturated heterocycles. The van der Waals surface area contributed by atoms with Crippen molar-refractivity contribution in [2.24, 2.45) is 5.92 Å². The summed E-state index contributed by atoms with van der Waals surface area (Å²) in [5.74, 6) is 1.39. The number of rotatable bonds is 4. The van der Waals surface area contributed by atoms with Gasteiger partial charge in [0, 0.05) is 18.5 Å². The summed E-state index contributed by atoms with van der Waals surface area (Å²) < 4.78 is 5.35. The molecule has 0 aliphatic heterocycles. The van der Waals surface area contributed by atoms with Gasteiger partial charge >= 0.3 is 0 Å². The lowest BCUT2D eigenvalue weighted by atomic mass is 9.87. The van der Waals surface area contributed by atoms with Crippen molar-refractivity contribution in [3.05, 3.63) is 35.7 Å². The molecule has 1 aliphatic rings. The summed E-state index contributed by atoms with van der Waals surface area (Å²) in [4.78, 5) is 18.5. The molecule has 1 aromatic heterocycles. The first-order valence-corrected chi connectivity index (χ1v) is 9.03.